The summed E-state index contributed by atoms with van der Waals surface area (Å²) in [7, 11) is -3.85. The average Bonchev–Trinajstić information content (AvgIpc) is 3.07. The second kappa shape index (κ2) is 11.7. The molecule has 0 aliphatic carbocycles. The van der Waals surface area contributed by atoms with E-state index in [0.717, 1.165) is 21.1 Å². The van der Waals surface area contributed by atoms with Gasteiger partial charge in [-0.2, -0.15) is 0 Å². The Bertz CT molecular complexity index is 1100. The Morgan fingerprint density at radius 2 is 1.94 bits per heavy atom. The molecule has 0 radical (unpaired) electrons. The van der Waals surface area contributed by atoms with E-state index in [-0.39, 0.29) is 29.4 Å². The van der Waals surface area contributed by atoms with Gasteiger partial charge in [0.25, 0.3) is 0 Å². The Kier molecular flexibility index (Phi) is 9.64. The summed E-state index contributed by atoms with van der Waals surface area (Å²) in [6.07, 6.45) is 3.98. The number of carboxylic acids is 1. The van der Waals surface area contributed by atoms with Gasteiger partial charge in [0, 0.05) is 34.0 Å². The summed E-state index contributed by atoms with van der Waals surface area (Å²) in [5, 5.41) is 11.0. The highest BCUT2D eigenvalue weighted by molar-refractivity contribution is 7.93. The highest BCUT2D eigenvalue weighted by atomic mass is 35.5. The van der Waals surface area contributed by atoms with Crippen molar-refractivity contribution in [3.8, 4) is 10.6 Å². The van der Waals surface area contributed by atoms with Crippen LogP contribution in [0.25, 0.3) is 10.6 Å². The van der Waals surface area contributed by atoms with Crippen molar-refractivity contribution in [3.05, 3.63) is 62.5 Å². The van der Waals surface area contributed by atoms with E-state index in [1.165, 1.54) is 12.2 Å². The molecule has 2 aromatic rings. The van der Waals surface area contributed by atoms with Crippen LogP contribution in [0.15, 0.2) is 46.9 Å². The molecule has 0 unspecified atom stereocenters. The van der Waals surface area contributed by atoms with E-state index < -0.39 is 16.0 Å². The smallest absolute Gasteiger partial charge is 0.331 e. The first-order valence-corrected chi connectivity index (χ1v) is 13.1. The number of halogens is 1. The van der Waals surface area contributed by atoms with Crippen LogP contribution in [0.1, 0.15) is 44.2 Å². The van der Waals surface area contributed by atoms with Gasteiger partial charge in [-0.3, -0.25) is 0 Å². The lowest BCUT2D eigenvalue weighted by Crippen LogP contribution is -2.27. The number of aliphatic carboxylic acids is 1. The van der Waals surface area contributed by atoms with Crippen LogP contribution in [0.2, 0.25) is 5.02 Å². The molecule has 0 spiro atoms. The molecule has 1 aromatic heterocycles. The molecule has 6 nitrogen and oxygen atoms in total. The van der Waals surface area contributed by atoms with Crippen LogP contribution >= 0.6 is 22.9 Å². The predicted molar refractivity (Wildman–Crippen MR) is 131 cm³/mol. The average molecular weight is 497 g/mol. The number of sulfonamides is 1. The molecular formula is C23H29ClN2O4S2. The molecule has 0 atom stereocenters. The molecule has 1 heterocycles. The molecule has 0 amide bonds. The van der Waals surface area contributed by atoms with E-state index in [1.54, 1.807) is 23.5 Å². The zero-order valence-corrected chi connectivity index (χ0v) is 21.1. The van der Waals surface area contributed by atoms with Gasteiger partial charge in [-0.1, -0.05) is 50.6 Å². The van der Waals surface area contributed by atoms with Crippen molar-refractivity contribution in [3.63, 3.8) is 0 Å². The van der Waals surface area contributed by atoms with Gasteiger partial charge < -0.3 is 5.11 Å². The van der Waals surface area contributed by atoms with E-state index in [9.17, 15) is 18.3 Å². The number of nitrogens with zero attached hydrogens (tertiary/aromatic N) is 1. The van der Waals surface area contributed by atoms with Crippen molar-refractivity contribution in [2.45, 2.75) is 47.0 Å². The summed E-state index contributed by atoms with van der Waals surface area (Å²) >= 11 is 7.49. The van der Waals surface area contributed by atoms with E-state index in [0.29, 0.717) is 17.9 Å². The summed E-state index contributed by atoms with van der Waals surface area (Å²) in [6, 6.07) is 7.42. The normalized spacial score (nSPS) is 13.1. The number of nitrogens with one attached hydrogen (secondary N) is 1. The highest BCUT2D eigenvalue weighted by Crippen LogP contribution is 2.28. The van der Waals surface area contributed by atoms with Crippen LogP contribution in [0.5, 0.6) is 0 Å². The van der Waals surface area contributed by atoms with Crippen LogP contribution in [0.3, 0.4) is 0 Å². The molecule has 0 saturated heterocycles. The van der Waals surface area contributed by atoms with Crippen LogP contribution in [0, 0.1) is 12.8 Å². The van der Waals surface area contributed by atoms with E-state index in [4.69, 9.17) is 11.6 Å². The first kappa shape index (κ1) is 26.3. The van der Waals surface area contributed by atoms with Gasteiger partial charge in [-0.05, 0) is 43.9 Å². The largest absolute Gasteiger partial charge is 0.478 e. The quantitative estimate of drug-likeness (QED) is 0.312. The van der Waals surface area contributed by atoms with Crippen molar-refractivity contribution < 1.29 is 18.3 Å². The Morgan fingerprint density at radius 1 is 1.28 bits per heavy atom. The molecule has 1 aromatic carbocycles. The summed E-state index contributed by atoms with van der Waals surface area (Å²) in [4.78, 5) is 17.2. The number of thiazole rings is 1. The van der Waals surface area contributed by atoms with Crippen molar-refractivity contribution >= 4 is 38.9 Å². The van der Waals surface area contributed by atoms with Crippen LogP contribution < -0.4 is 4.72 Å². The number of benzene rings is 1. The topological polar surface area (TPSA) is 96.4 Å². The van der Waals surface area contributed by atoms with Gasteiger partial charge in [0.15, 0.2) is 0 Å². The summed E-state index contributed by atoms with van der Waals surface area (Å²) in [6.45, 7) is 7.71. The molecular weight excluding hydrogens is 468 g/mol. The van der Waals surface area contributed by atoms with Crippen molar-refractivity contribution in [2.75, 3.05) is 6.54 Å². The van der Waals surface area contributed by atoms with Crippen LogP contribution in [-0.2, 0) is 21.2 Å². The maximum absolute atomic E-state index is 12.9. The second-order valence-corrected chi connectivity index (χ2v) is 11.2. The summed E-state index contributed by atoms with van der Waals surface area (Å²) in [5.41, 5.74) is 1.86. The standard InChI is InChI=1S/C23H29ClN2O4S2/c1-5-6-20(14-18(23(27)28)13-15(2)3)32(29,30)25-12-11-21-16(4)31-22(26-21)17-7-9-19(24)10-8-17/h6-10,14-15,25H,5,11-13H2,1-4H3,(H,27,28)/b18-14+,20-6+. The molecule has 0 bridgehead atoms. The number of carbonyl (C=O) groups is 1. The number of aromatic nitrogens is 1. The lowest BCUT2D eigenvalue weighted by molar-refractivity contribution is -0.132. The zero-order valence-electron chi connectivity index (χ0n) is 18.7. The molecule has 174 valence electrons. The van der Waals surface area contributed by atoms with Crippen molar-refractivity contribution in [1.82, 2.24) is 9.71 Å². The fourth-order valence-electron chi connectivity index (χ4n) is 3.03. The highest BCUT2D eigenvalue weighted by Gasteiger charge is 2.19. The van der Waals surface area contributed by atoms with Gasteiger partial charge in [-0.25, -0.2) is 22.9 Å². The fourth-order valence-corrected chi connectivity index (χ4v) is 5.34. The third-order valence-electron chi connectivity index (χ3n) is 4.57. The Labute approximate surface area is 199 Å². The minimum Gasteiger partial charge on any atom is -0.478 e. The molecule has 32 heavy (non-hydrogen) atoms. The maximum Gasteiger partial charge on any atom is 0.331 e. The minimum atomic E-state index is -3.85. The van der Waals surface area contributed by atoms with Gasteiger partial charge in [-0.15, -0.1) is 11.3 Å². The number of rotatable bonds is 11. The number of allylic oxidation sites excluding steroid dienone is 2. The third-order valence-corrected chi connectivity index (χ3v) is 7.38. The number of carboxylic acid groups (broad SMARTS) is 1. The molecule has 2 N–H and O–H groups in total. The van der Waals surface area contributed by atoms with E-state index >= 15 is 0 Å². The molecule has 0 fully saturated rings. The van der Waals surface area contributed by atoms with E-state index in [1.807, 2.05) is 39.8 Å². The van der Waals surface area contributed by atoms with Gasteiger partial charge in [0.1, 0.15) is 5.01 Å². The molecule has 0 aliphatic heterocycles. The molecule has 9 heteroatoms. The minimum absolute atomic E-state index is 0.0186. The van der Waals surface area contributed by atoms with Crippen molar-refractivity contribution in [2.24, 2.45) is 5.92 Å². The SMILES string of the molecule is CC/C=C(\C=C(/CC(C)C)C(=O)O)S(=O)(=O)NCCc1nc(-c2ccc(Cl)cc2)sc1C. The zero-order chi connectivity index (χ0) is 23.9. The number of aryl methyl sites for hydroxylation is 1. The van der Waals surface area contributed by atoms with Crippen LogP contribution in [0.4, 0.5) is 0 Å². The Morgan fingerprint density at radius 3 is 2.50 bits per heavy atom. The predicted octanol–water partition coefficient (Wildman–Crippen LogP) is 5.58. The lowest BCUT2D eigenvalue weighted by Gasteiger charge is -2.10. The first-order chi connectivity index (χ1) is 15.0. The first-order valence-electron chi connectivity index (χ1n) is 10.4. The summed E-state index contributed by atoms with van der Waals surface area (Å²) in [5.74, 6) is -1.01. The molecule has 0 aliphatic rings. The Hall–Kier alpha value is -2.00. The monoisotopic (exact) mass is 496 g/mol. The Balaban J connectivity index is 2.13. The van der Waals surface area contributed by atoms with E-state index in [2.05, 4.69) is 9.71 Å². The molecule has 0 saturated carbocycles. The summed E-state index contributed by atoms with van der Waals surface area (Å²) < 4.78 is 28.3. The van der Waals surface area contributed by atoms with Gasteiger partial charge in [0.05, 0.1) is 10.6 Å². The number of hydrogen-bond acceptors (Lipinski definition) is 5. The van der Waals surface area contributed by atoms with Crippen molar-refractivity contribution in [1.29, 1.82) is 0 Å². The molecule has 2 rings (SSSR count). The second-order valence-electron chi connectivity index (χ2n) is 7.76. The maximum atomic E-state index is 12.9. The van der Waals surface area contributed by atoms with Crippen LogP contribution in [-0.4, -0.2) is 31.0 Å². The fraction of sp³-hybridized carbons (Fsp3) is 0.391. The van der Waals surface area contributed by atoms with Gasteiger partial charge in [0.2, 0.25) is 10.0 Å². The van der Waals surface area contributed by atoms with Gasteiger partial charge >= 0.3 is 5.97 Å². The third kappa shape index (κ3) is 7.55. The lowest BCUT2D eigenvalue weighted by atomic mass is 10.0. The number of hydrogen-bond donors (Lipinski definition) is 2.